The molecule has 1 aromatic heterocycles. The molecule has 96 valence electrons. The molecular formula is C12H22N4O. The average Bonchev–Trinajstić information content (AvgIpc) is 2.33. The van der Waals surface area contributed by atoms with Crippen LogP contribution in [0.5, 0.6) is 0 Å². The van der Waals surface area contributed by atoms with Gasteiger partial charge in [0.1, 0.15) is 17.5 Å². The third-order valence-corrected chi connectivity index (χ3v) is 2.75. The van der Waals surface area contributed by atoms with Gasteiger partial charge >= 0.3 is 0 Å². The molecule has 0 amide bonds. The number of rotatable bonds is 6. The molecule has 0 aliphatic heterocycles. The number of hydrogen-bond donors (Lipinski definition) is 2. The number of nitrogens with zero attached hydrogens (tertiary/aromatic N) is 2. The van der Waals surface area contributed by atoms with Crippen molar-refractivity contribution in [2.24, 2.45) is 0 Å². The van der Waals surface area contributed by atoms with E-state index < -0.39 is 0 Å². The Morgan fingerprint density at radius 1 is 1.35 bits per heavy atom. The number of nitrogens with one attached hydrogen (secondary N) is 1. The Morgan fingerprint density at radius 3 is 2.59 bits per heavy atom. The topological polar surface area (TPSA) is 73.1 Å². The highest BCUT2D eigenvalue weighted by molar-refractivity contribution is 5.55. The second kappa shape index (κ2) is 6.39. The van der Waals surface area contributed by atoms with Gasteiger partial charge in [0, 0.05) is 19.1 Å². The summed E-state index contributed by atoms with van der Waals surface area (Å²) < 4.78 is 5.16. The maximum Gasteiger partial charge on any atom is 0.135 e. The SMILES string of the molecule is CCc1nc(N)c(C)c(NC(CC)COC)n1. The molecule has 5 heteroatoms. The van der Waals surface area contributed by atoms with Gasteiger partial charge in [0.2, 0.25) is 0 Å². The van der Waals surface area contributed by atoms with Crippen LogP contribution >= 0.6 is 0 Å². The van der Waals surface area contributed by atoms with Crippen LogP contribution in [-0.2, 0) is 11.2 Å². The van der Waals surface area contributed by atoms with Crippen LogP contribution in [0.4, 0.5) is 11.6 Å². The van der Waals surface area contributed by atoms with Gasteiger partial charge in [-0.15, -0.1) is 0 Å². The van der Waals surface area contributed by atoms with Crippen molar-refractivity contribution in [3.8, 4) is 0 Å². The molecule has 1 atom stereocenters. The number of nitrogen functional groups attached to an aromatic ring is 1. The first-order chi connectivity index (χ1) is 8.12. The monoisotopic (exact) mass is 238 g/mol. The lowest BCUT2D eigenvalue weighted by molar-refractivity contribution is 0.184. The van der Waals surface area contributed by atoms with E-state index in [2.05, 4.69) is 22.2 Å². The molecule has 1 aromatic rings. The third kappa shape index (κ3) is 3.56. The van der Waals surface area contributed by atoms with E-state index in [1.54, 1.807) is 7.11 Å². The maximum atomic E-state index is 5.87. The van der Waals surface area contributed by atoms with Crippen LogP contribution in [-0.4, -0.2) is 29.7 Å². The summed E-state index contributed by atoms with van der Waals surface area (Å²) in [5.41, 5.74) is 6.77. The molecule has 0 aliphatic carbocycles. The molecule has 0 saturated heterocycles. The smallest absolute Gasteiger partial charge is 0.135 e. The highest BCUT2D eigenvalue weighted by Crippen LogP contribution is 2.18. The summed E-state index contributed by atoms with van der Waals surface area (Å²) in [4.78, 5) is 8.69. The van der Waals surface area contributed by atoms with Crippen molar-refractivity contribution in [3.63, 3.8) is 0 Å². The Morgan fingerprint density at radius 2 is 2.06 bits per heavy atom. The van der Waals surface area contributed by atoms with Crippen LogP contribution in [0.3, 0.4) is 0 Å². The summed E-state index contributed by atoms with van der Waals surface area (Å²) in [5.74, 6) is 2.13. The summed E-state index contributed by atoms with van der Waals surface area (Å²) in [6.07, 6.45) is 1.75. The third-order valence-electron chi connectivity index (χ3n) is 2.75. The van der Waals surface area contributed by atoms with Crippen LogP contribution in [0.2, 0.25) is 0 Å². The number of ether oxygens (including phenoxy) is 1. The summed E-state index contributed by atoms with van der Waals surface area (Å²) in [5, 5.41) is 3.36. The van der Waals surface area contributed by atoms with Gasteiger partial charge in [0.25, 0.3) is 0 Å². The number of hydrogen-bond acceptors (Lipinski definition) is 5. The zero-order chi connectivity index (χ0) is 12.8. The van der Waals surface area contributed by atoms with Crippen molar-refractivity contribution < 1.29 is 4.74 Å². The Labute approximate surface area is 103 Å². The molecule has 0 spiro atoms. The minimum atomic E-state index is 0.248. The first kappa shape index (κ1) is 13.7. The fraction of sp³-hybridized carbons (Fsp3) is 0.667. The Hall–Kier alpha value is -1.36. The predicted molar refractivity (Wildman–Crippen MR) is 70.1 cm³/mol. The van der Waals surface area contributed by atoms with Crippen LogP contribution < -0.4 is 11.1 Å². The van der Waals surface area contributed by atoms with Crippen LogP contribution in [0, 0.1) is 6.92 Å². The quantitative estimate of drug-likeness (QED) is 0.790. The molecule has 1 heterocycles. The van der Waals surface area contributed by atoms with E-state index in [-0.39, 0.29) is 6.04 Å². The van der Waals surface area contributed by atoms with E-state index in [1.165, 1.54) is 0 Å². The van der Waals surface area contributed by atoms with Gasteiger partial charge in [-0.2, -0.15) is 0 Å². The van der Waals surface area contributed by atoms with E-state index >= 15 is 0 Å². The lowest BCUT2D eigenvalue weighted by Gasteiger charge is -2.19. The molecule has 3 N–H and O–H groups in total. The standard InChI is InChI=1S/C12H22N4O/c1-5-9(7-17-4)14-12-8(3)11(13)15-10(6-2)16-12/h9H,5-7H2,1-4H3,(H3,13,14,15,16). The largest absolute Gasteiger partial charge is 0.383 e. The lowest BCUT2D eigenvalue weighted by atomic mass is 10.2. The van der Waals surface area contributed by atoms with Crippen LogP contribution in [0.25, 0.3) is 0 Å². The Balaban J connectivity index is 2.92. The molecule has 17 heavy (non-hydrogen) atoms. The van der Waals surface area contributed by atoms with Gasteiger partial charge in [0.05, 0.1) is 12.6 Å². The highest BCUT2D eigenvalue weighted by Gasteiger charge is 2.12. The van der Waals surface area contributed by atoms with Crippen molar-refractivity contribution in [1.82, 2.24) is 9.97 Å². The van der Waals surface area contributed by atoms with Crippen molar-refractivity contribution in [1.29, 1.82) is 0 Å². The molecule has 0 radical (unpaired) electrons. The number of nitrogens with two attached hydrogens (primary N) is 1. The molecule has 1 unspecified atom stereocenters. The van der Waals surface area contributed by atoms with E-state index in [0.29, 0.717) is 12.4 Å². The van der Waals surface area contributed by atoms with Crippen LogP contribution in [0.15, 0.2) is 0 Å². The zero-order valence-corrected chi connectivity index (χ0v) is 11.1. The minimum absolute atomic E-state index is 0.248. The second-order valence-corrected chi connectivity index (χ2v) is 4.06. The van der Waals surface area contributed by atoms with E-state index in [0.717, 1.165) is 30.0 Å². The lowest BCUT2D eigenvalue weighted by Crippen LogP contribution is -2.25. The highest BCUT2D eigenvalue weighted by atomic mass is 16.5. The van der Waals surface area contributed by atoms with E-state index in [1.807, 2.05) is 13.8 Å². The molecular weight excluding hydrogens is 216 g/mol. The Kier molecular flexibility index (Phi) is 5.15. The van der Waals surface area contributed by atoms with Crippen molar-refractivity contribution in [2.75, 3.05) is 24.8 Å². The van der Waals surface area contributed by atoms with Gasteiger partial charge in [0.15, 0.2) is 0 Å². The van der Waals surface area contributed by atoms with Gasteiger partial charge < -0.3 is 15.8 Å². The summed E-state index contributed by atoms with van der Waals surface area (Å²) in [6.45, 7) is 6.70. The van der Waals surface area contributed by atoms with Gasteiger partial charge in [-0.25, -0.2) is 9.97 Å². The summed E-state index contributed by atoms with van der Waals surface area (Å²) >= 11 is 0. The van der Waals surface area contributed by atoms with Gasteiger partial charge in [-0.1, -0.05) is 13.8 Å². The number of aryl methyl sites for hydroxylation is 1. The van der Waals surface area contributed by atoms with Crippen molar-refractivity contribution >= 4 is 11.6 Å². The second-order valence-electron chi connectivity index (χ2n) is 4.06. The molecule has 5 nitrogen and oxygen atoms in total. The average molecular weight is 238 g/mol. The fourth-order valence-corrected chi connectivity index (χ4v) is 1.54. The van der Waals surface area contributed by atoms with Crippen LogP contribution in [0.1, 0.15) is 31.7 Å². The normalized spacial score (nSPS) is 12.5. The molecule has 1 rings (SSSR count). The van der Waals surface area contributed by atoms with Crippen molar-refractivity contribution in [3.05, 3.63) is 11.4 Å². The predicted octanol–water partition coefficient (Wildman–Crippen LogP) is 1.77. The van der Waals surface area contributed by atoms with Gasteiger partial charge in [-0.05, 0) is 13.3 Å². The fourth-order valence-electron chi connectivity index (χ4n) is 1.54. The minimum Gasteiger partial charge on any atom is -0.383 e. The summed E-state index contributed by atoms with van der Waals surface area (Å²) in [6, 6.07) is 0.248. The molecule has 0 fully saturated rings. The molecule has 0 aromatic carbocycles. The Bertz CT molecular complexity index is 368. The number of aromatic nitrogens is 2. The zero-order valence-electron chi connectivity index (χ0n) is 11.1. The van der Waals surface area contributed by atoms with E-state index in [9.17, 15) is 0 Å². The maximum absolute atomic E-state index is 5.87. The van der Waals surface area contributed by atoms with Gasteiger partial charge in [-0.3, -0.25) is 0 Å². The molecule has 0 bridgehead atoms. The molecule has 0 saturated carbocycles. The molecule has 0 aliphatic rings. The van der Waals surface area contributed by atoms with Crippen molar-refractivity contribution in [2.45, 2.75) is 39.7 Å². The first-order valence-electron chi connectivity index (χ1n) is 6.00. The number of methoxy groups -OCH3 is 1. The number of anilines is 2. The first-order valence-corrected chi connectivity index (χ1v) is 6.00. The summed E-state index contributed by atoms with van der Waals surface area (Å²) in [7, 11) is 1.70. The van der Waals surface area contributed by atoms with E-state index in [4.69, 9.17) is 10.5 Å².